The number of benzene rings is 2. The van der Waals surface area contributed by atoms with Crippen molar-refractivity contribution in [2.75, 3.05) is 6.54 Å². The van der Waals surface area contributed by atoms with E-state index >= 15 is 0 Å². The van der Waals surface area contributed by atoms with E-state index in [0.29, 0.717) is 11.3 Å². The number of furan rings is 1. The van der Waals surface area contributed by atoms with Gasteiger partial charge >= 0.3 is 0 Å². The quantitative estimate of drug-likeness (QED) is 0.749. The average Bonchev–Trinajstić information content (AvgIpc) is 3.04. The van der Waals surface area contributed by atoms with Crippen molar-refractivity contribution in [3.05, 3.63) is 71.7 Å². The van der Waals surface area contributed by atoms with Crippen LogP contribution in [-0.4, -0.2) is 18.4 Å². The molecule has 0 radical (unpaired) electrons. The lowest BCUT2D eigenvalue weighted by molar-refractivity contribution is -0.120. The van der Waals surface area contributed by atoms with Gasteiger partial charge in [0.05, 0.1) is 12.6 Å². The summed E-state index contributed by atoms with van der Waals surface area (Å²) in [5.74, 6) is -0.566. The van der Waals surface area contributed by atoms with E-state index in [-0.39, 0.29) is 18.5 Å². The number of para-hydroxylation sites is 1. The molecule has 3 rings (SSSR count). The van der Waals surface area contributed by atoms with E-state index in [1.54, 1.807) is 6.92 Å². The highest BCUT2D eigenvalue weighted by molar-refractivity contribution is 5.96. The zero-order chi connectivity index (χ0) is 17.8. The fourth-order valence-electron chi connectivity index (χ4n) is 2.44. The van der Waals surface area contributed by atoms with Crippen molar-refractivity contribution in [3.63, 3.8) is 0 Å². The second kappa shape index (κ2) is 7.17. The molecule has 6 heteroatoms. The van der Waals surface area contributed by atoms with Gasteiger partial charge in [-0.2, -0.15) is 0 Å². The van der Waals surface area contributed by atoms with Gasteiger partial charge in [0, 0.05) is 10.9 Å². The van der Waals surface area contributed by atoms with Gasteiger partial charge in [0.15, 0.2) is 0 Å². The van der Waals surface area contributed by atoms with Gasteiger partial charge in [-0.25, -0.2) is 4.39 Å². The zero-order valence-electron chi connectivity index (χ0n) is 13.6. The van der Waals surface area contributed by atoms with E-state index in [1.165, 1.54) is 24.3 Å². The van der Waals surface area contributed by atoms with Crippen LogP contribution in [0.25, 0.3) is 11.0 Å². The van der Waals surface area contributed by atoms with Crippen molar-refractivity contribution in [1.29, 1.82) is 0 Å². The van der Waals surface area contributed by atoms with Gasteiger partial charge in [0.2, 0.25) is 5.91 Å². The molecule has 0 fully saturated rings. The predicted molar refractivity (Wildman–Crippen MR) is 91.5 cm³/mol. The molecule has 0 saturated carbocycles. The van der Waals surface area contributed by atoms with Crippen LogP contribution in [0.2, 0.25) is 0 Å². The van der Waals surface area contributed by atoms with Crippen LogP contribution in [0, 0.1) is 5.82 Å². The third kappa shape index (κ3) is 4.03. The lowest BCUT2D eigenvalue weighted by Crippen LogP contribution is -2.37. The smallest absolute Gasteiger partial charge is 0.251 e. The SMILES string of the molecule is C[C@H](NC(=O)CNC(=O)c1ccc(F)cc1)c1cc2ccccc2o1. The van der Waals surface area contributed by atoms with E-state index < -0.39 is 11.7 Å². The molecule has 2 N–H and O–H groups in total. The van der Waals surface area contributed by atoms with Crippen LogP contribution >= 0.6 is 0 Å². The lowest BCUT2D eigenvalue weighted by atomic mass is 10.2. The van der Waals surface area contributed by atoms with Crippen LogP contribution < -0.4 is 10.6 Å². The van der Waals surface area contributed by atoms with Gasteiger partial charge in [0.1, 0.15) is 17.2 Å². The van der Waals surface area contributed by atoms with E-state index in [2.05, 4.69) is 10.6 Å². The Balaban J connectivity index is 1.54. The topological polar surface area (TPSA) is 71.3 Å². The van der Waals surface area contributed by atoms with Crippen molar-refractivity contribution in [3.8, 4) is 0 Å². The highest BCUT2D eigenvalue weighted by Crippen LogP contribution is 2.23. The Bertz CT molecular complexity index is 869. The summed E-state index contributed by atoms with van der Waals surface area (Å²) in [4.78, 5) is 23.9. The first-order valence-corrected chi connectivity index (χ1v) is 7.84. The Morgan fingerprint density at radius 3 is 2.56 bits per heavy atom. The third-order valence-corrected chi connectivity index (χ3v) is 3.76. The molecule has 0 aliphatic heterocycles. The molecular weight excluding hydrogens is 323 g/mol. The van der Waals surface area contributed by atoms with E-state index in [1.807, 2.05) is 30.3 Å². The molecule has 0 saturated heterocycles. The fraction of sp³-hybridized carbons (Fsp3) is 0.158. The summed E-state index contributed by atoms with van der Waals surface area (Å²) >= 11 is 0. The lowest BCUT2D eigenvalue weighted by Gasteiger charge is -2.12. The summed E-state index contributed by atoms with van der Waals surface area (Å²) in [5, 5.41) is 6.22. The first kappa shape index (κ1) is 16.7. The van der Waals surface area contributed by atoms with Crippen molar-refractivity contribution < 1.29 is 18.4 Å². The fourth-order valence-corrected chi connectivity index (χ4v) is 2.44. The Morgan fingerprint density at radius 2 is 1.84 bits per heavy atom. The summed E-state index contributed by atoms with van der Waals surface area (Å²) in [5.41, 5.74) is 1.04. The number of amides is 2. The van der Waals surface area contributed by atoms with Gasteiger partial charge in [-0.3, -0.25) is 9.59 Å². The second-order valence-corrected chi connectivity index (χ2v) is 5.67. The molecule has 5 nitrogen and oxygen atoms in total. The summed E-state index contributed by atoms with van der Waals surface area (Å²) in [6, 6.07) is 14.2. The third-order valence-electron chi connectivity index (χ3n) is 3.76. The number of rotatable bonds is 5. The molecule has 1 aromatic heterocycles. The first-order chi connectivity index (χ1) is 12.0. The highest BCUT2D eigenvalue weighted by Gasteiger charge is 2.15. The van der Waals surface area contributed by atoms with Gasteiger partial charge < -0.3 is 15.1 Å². The number of hydrogen-bond acceptors (Lipinski definition) is 3. The zero-order valence-corrected chi connectivity index (χ0v) is 13.6. The molecule has 0 aliphatic rings. The van der Waals surface area contributed by atoms with Crippen molar-refractivity contribution in [2.24, 2.45) is 0 Å². The van der Waals surface area contributed by atoms with Crippen LogP contribution in [-0.2, 0) is 4.79 Å². The summed E-state index contributed by atoms with van der Waals surface area (Å²) in [6.07, 6.45) is 0. The minimum absolute atomic E-state index is 0.180. The minimum atomic E-state index is -0.438. The van der Waals surface area contributed by atoms with Gasteiger partial charge in [-0.1, -0.05) is 18.2 Å². The maximum atomic E-state index is 12.8. The Hall–Kier alpha value is -3.15. The standard InChI is InChI=1S/C19H17FN2O3/c1-12(17-10-14-4-2-3-5-16(14)25-17)22-18(23)11-21-19(24)13-6-8-15(20)9-7-13/h2-10,12H,11H2,1H3,(H,21,24)(H,22,23)/t12-/m0/s1. The predicted octanol–water partition coefficient (Wildman–Crippen LogP) is 3.18. The molecular formula is C19H17FN2O3. The normalized spacial score (nSPS) is 11.9. The number of carbonyl (C=O) groups is 2. The summed E-state index contributed by atoms with van der Waals surface area (Å²) in [7, 11) is 0. The Labute approximate surface area is 143 Å². The largest absolute Gasteiger partial charge is 0.459 e. The molecule has 1 heterocycles. The highest BCUT2D eigenvalue weighted by atomic mass is 19.1. The van der Waals surface area contributed by atoms with E-state index in [4.69, 9.17) is 4.42 Å². The summed E-state index contributed by atoms with van der Waals surface area (Å²) < 4.78 is 18.5. The van der Waals surface area contributed by atoms with Crippen molar-refractivity contribution in [2.45, 2.75) is 13.0 Å². The molecule has 0 unspecified atom stereocenters. The van der Waals surface area contributed by atoms with E-state index in [9.17, 15) is 14.0 Å². The molecule has 0 bridgehead atoms. The van der Waals surface area contributed by atoms with Crippen LogP contribution in [0.15, 0.2) is 59.0 Å². The molecule has 3 aromatic rings. The number of hydrogen-bond donors (Lipinski definition) is 2. The number of nitrogens with one attached hydrogen (secondary N) is 2. The van der Waals surface area contributed by atoms with Crippen molar-refractivity contribution in [1.82, 2.24) is 10.6 Å². The van der Waals surface area contributed by atoms with Crippen LogP contribution in [0.5, 0.6) is 0 Å². The second-order valence-electron chi connectivity index (χ2n) is 5.67. The van der Waals surface area contributed by atoms with Gasteiger partial charge in [-0.05, 0) is 43.3 Å². The molecule has 128 valence electrons. The Morgan fingerprint density at radius 1 is 1.12 bits per heavy atom. The minimum Gasteiger partial charge on any atom is -0.459 e. The summed E-state index contributed by atoms with van der Waals surface area (Å²) in [6.45, 7) is 1.62. The molecule has 0 spiro atoms. The molecule has 1 atom stereocenters. The Kier molecular flexibility index (Phi) is 4.79. The van der Waals surface area contributed by atoms with Crippen LogP contribution in [0.3, 0.4) is 0 Å². The van der Waals surface area contributed by atoms with E-state index in [0.717, 1.165) is 11.0 Å². The number of fused-ring (bicyclic) bond motifs is 1. The molecule has 0 aliphatic carbocycles. The van der Waals surface area contributed by atoms with Crippen LogP contribution in [0.1, 0.15) is 29.1 Å². The van der Waals surface area contributed by atoms with Gasteiger partial charge in [-0.15, -0.1) is 0 Å². The molecule has 2 amide bonds. The van der Waals surface area contributed by atoms with Gasteiger partial charge in [0.25, 0.3) is 5.91 Å². The average molecular weight is 340 g/mol. The monoisotopic (exact) mass is 340 g/mol. The van der Waals surface area contributed by atoms with Crippen molar-refractivity contribution >= 4 is 22.8 Å². The maximum Gasteiger partial charge on any atom is 0.251 e. The maximum absolute atomic E-state index is 12.8. The molecule has 2 aromatic carbocycles. The van der Waals surface area contributed by atoms with Crippen LogP contribution in [0.4, 0.5) is 4.39 Å². The number of carbonyl (C=O) groups excluding carboxylic acids is 2. The first-order valence-electron chi connectivity index (χ1n) is 7.84. The molecule has 25 heavy (non-hydrogen) atoms. The number of halogens is 1.